The first-order valence-electron chi connectivity index (χ1n) is 6.99. The lowest BCUT2D eigenvalue weighted by Crippen LogP contribution is -2.17. The molecular formula is C16H24O. The molecule has 1 N–H and O–H groups in total. The van der Waals surface area contributed by atoms with Gasteiger partial charge in [0, 0.05) is 5.92 Å². The van der Waals surface area contributed by atoms with Gasteiger partial charge >= 0.3 is 0 Å². The van der Waals surface area contributed by atoms with E-state index >= 15 is 0 Å². The van der Waals surface area contributed by atoms with E-state index in [0.717, 1.165) is 0 Å². The topological polar surface area (TPSA) is 20.2 Å². The van der Waals surface area contributed by atoms with Crippen LogP contribution in [-0.4, -0.2) is 11.7 Å². The largest absolute Gasteiger partial charge is 0.396 e. The molecule has 2 rings (SSSR count). The van der Waals surface area contributed by atoms with Crippen molar-refractivity contribution in [1.29, 1.82) is 0 Å². The maximum atomic E-state index is 9.75. The molecule has 1 fully saturated rings. The third-order valence-electron chi connectivity index (χ3n) is 4.25. The van der Waals surface area contributed by atoms with Crippen LogP contribution >= 0.6 is 0 Å². The van der Waals surface area contributed by atoms with Crippen LogP contribution in [0.3, 0.4) is 0 Å². The van der Waals surface area contributed by atoms with E-state index in [1.165, 1.54) is 49.7 Å². The Labute approximate surface area is 105 Å². The molecule has 1 unspecified atom stereocenters. The van der Waals surface area contributed by atoms with Crippen LogP contribution < -0.4 is 0 Å². The lowest BCUT2D eigenvalue weighted by molar-refractivity contribution is 0.213. The van der Waals surface area contributed by atoms with Crippen molar-refractivity contribution in [1.82, 2.24) is 0 Å². The summed E-state index contributed by atoms with van der Waals surface area (Å²) in [7, 11) is 0. The summed E-state index contributed by atoms with van der Waals surface area (Å²) in [5.41, 5.74) is 2.69. The number of hydrogen-bond donors (Lipinski definition) is 1. The zero-order valence-corrected chi connectivity index (χ0v) is 10.9. The molecule has 1 heteroatoms. The number of aryl methyl sites for hydroxylation is 1. The second-order valence-corrected chi connectivity index (χ2v) is 5.40. The van der Waals surface area contributed by atoms with Crippen molar-refractivity contribution in [2.24, 2.45) is 5.92 Å². The van der Waals surface area contributed by atoms with E-state index in [0.29, 0.717) is 18.4 Å². The molecule has 0 spiro atoms. The maximum Gasteiger partial charge on any atom is 0.0502 e. The summed E-state index contributed by atoms with van der Waals surface area (Å²) < 4.78 is 0. The first-order valence-corrected chi connectivity index (χ1v) is 6.99. The summed E-state index contributed by atoms with van der Waals surface area (Å²) in [4.78, 5) is 0. The van der Waals surface area contributed by atoms with Crippen LogP contribution in [-0.2, 0) is 0 Å². The van der Waals surface area contributed by atoms with Crippen molar-refractivity contribution in [3.05, 3.63) is 35.4 Å². The minimum atomic E-state index is 0.301. The predicted molar refractivity (Wildman–Crippen MR) is 72.2 cm³/mol. The summed E-state index contributed by atoms with van der Waals surface area (Å²) in [6.07, 6.45) is 8.02. The molecule has 0 bridgehead atoms. The van der Waals surface area contributed by atoms with Gasteiger partial charge in [-0.25, -0.2) is 0 Å². The summed E-state index contributed by atoms with van der Waals surface area (Å²) in [5.74, 6) is 1.04. The summed E-state index contributed by atoms with van der Waals surface area (Å²) >= 11 is 0. The van der Waals surface area contributed by atoms with Gasteiger partial charge in [0.1, 0.15) is 0 Å². The SMILES string of the molecule is Cc1ccccc1C(CO)C1CCCCCC1. The summed E-state index contributed by atoms with van der Waals surface area (Å²) in [6, 6.07) is 8.54. The fraction of sp³-hybridized carbons (Fsp3) is 0.625. The fourth-order valence-corrected chi connectivity index (χ4v) is 3.22. The van der Waals surface area contributed by atoms with Crippen LogP contribution in [0.25, 0.3) is 0 Å². The molecule has 17 heavy (non-hydrogen) atoms. The molecule has 0 radical (unpaired) electrons. The molecule has 1 aromatic rings. The zero-order chi connectivity index (χ0) is 12.1. The standard InChI is InChI=1S/C16H24O/c1-13-8-6-7-11-15(13)16(12-17)14-9-4-2-3-5-10-14/h6-8,11,14,16-17H,2-5,9-10,12H2,1H3. The second-order valence-electron chi connectivity index (χ2n) is 5.40. The van der Waals surface area contributed by atoms with Gasteiger partial charge in [-0.3, -0.25) is 0 Å². The Balaban J connectivity index is 2.17. The van der Waals surface area contributed by atoms with E-state index in [-0.39, 0.29) is 0 Å². The number of rotatable bonds is 3. The average molecular weight is 232 g/mol. The number of aliphatic hydroxyl groups excluding tert-OH is 1. The van der Waals surface area contributed by atoms with Crippen molar-refractivity contribution in [3.63, 3.8) is 0 Å². The predicted octanol–water partition coefficient (Wildman–Crippen LogP) is 4.04. The molecule has 1 aliphatic rings. The van der Waals surface area contributed by atoms with Gasteiger partial charge in [-0.15, -0.1) is 0 Å². The second kappa shape index (κ2) is 6.20. The average Bonchev–Trinajstić information content (AvgIpc) is 2.62. The van der Waals surface area contributed by atoms with E-state index in [1.54, 1.807) is 0 Å². The van der Waals surface area contributed by atoms with E-state index in [9.17, 15) is 5.11 Å². The van der Waals surface area contributed by atoms with Gasteiger partial charge in [0.05, 0.1) is 6.61 Å². The summed E-state index contributed by atoms with van der Waals surface area (Å²) in [5, 5.41) is 9.75. The number of aliphatic hydroxyl groups is 1. The number of benzene rings is 1. The fourth-order valence-electron chi connectivity index (χ4n) is 3.22. The summed E-state index contributed by atoms with van der Waals surface area (Å²) in [6.45, 7) is 2.46. The molecule has 1 aromatic carbocycles. The normalized spacial score (nSPS) is 19.9. The molecular weight excluding hydrogens is 208 g/mol. The molecule has 94 valence electrons. The minimum Gasteiger partial charge on any atom is -0.396 e. The molecule has 0 amide bonds. The number of hydrogen-bond acceptors (Lipinski definition) is 1. The molecule has 1 saturated carbocycles. The Morgan fingerprint density at radius 1 is 1.12 bits per heavy atom. The van der Waals surface area contributed by atoms with Crippen molar-refractivity contribution in [2.75, 3.05) is 6.61 Å². The molecule has 0 aromatic heterocycles. The van der Waals surface area contributed by atoms with Gasteiger partial charge in [-0.05, 0) is 36.8 Å². The maximum absolute atomic E-state index is 9.75. The van der Waals surface area contributed by atoms with Crippen LogP contribution in [0, 0.1) is 12.8 Å². The van der Waals surface area contributed by atoms with Crippen molar-refractivity contribution < 1.29 is 5.11 Å². The Kier molecular flexibility index (Phi) is 4.61. The van der Waals surface area contributed by atoms with Gasteiger partial charge in [0.15, 0.2) is 0 Å². The highest BCUT2D eigenvalue weighted by Crippen LogP contribution is 2.35. The van der Waals surface area contributed by atoms with Gasteiger partial charge in [-0.1, -0.05) is 49.9 Å². The van der Waals surface area contributed by atoms with Crippen LogP contribution in [0.1, 0.15) is 55.6 Å². The third-order valence-corrected chi connectivity index (χ3v) is 4.25. The molecule has 1 nitrogen and oxygen atoms in total. The Bertz CT molecular complexity index is 337. The van der Waals surface area contributed by atoms with Crippen molar-refractivity contribution in [2.45, 2.75) is 51.4 Å². The lowest BCUT2D eigenvalue weighted by atomic mass is 9.80. The van der Waals surface area contributed by atoms with Gasteiger partial charge in [-0.2, -0.15) is 0 Å². The van der Waals surface area contributed by atoms with Gasteiger partial charge in [0.25, 0.3) is 0 Å². The monoisotopic (exact) mass is 232 g/mol. The molecule has 0 saturated heterocycles. The molecule has 0 heterocycles. The zero-order valence-electron chi connectivity index (χ0n) is 10.9. The quantitative estimate of drug-likeness (QED) is 0.780. The Morgan fingerprint density at radius 3 is 2.35 bits per heavy atom. The van der Waals surface area contributed by atoms with E-state index in [1.807, 2.05) is 0 Å². The van der Waals surface area contributed by atoms with Crippen LogP contribution in [0.2, 0.25) is 0 Å². The highest BCUT2D eigenvalue weighted by molar-refractivity contribution is 5.29. The highest BCUT2D eigenvalue weighted by Gasteiger charge is 2.24. The lowest BCUT2D eigenvalue weighted by Gasteiger charge is -2.26. The first kappa shape index (κ1) is 12.6. The highest BCUT2D eigenvalue weighted by atomic mass is 16.3. The Hall–Kier alpha value is -0.820. The van der Waals surface area contributed by atoms with Crippen LogP contribution in [0.4, 0.5) is 0 Å². The van der Waals surface area contributed by atoms with Crippen molar-refractivity contribution in [3.8, 4) is 0 Å². The van der Waals surface area contributed by atoms with E-state index in [4.69, 9.17) is 0 Å². The van der Waals surface area contributed by atoms with Gasteiger partial charge < -0.3 is 5.11 Å². The molecule has 1 atom stereocenters. The Morgan fingerprint density at radius 2 is 1.76 bits per heavy atom. The first-order chi connectivity index (χ1) is 8.33. The molecule has 1 aliphatic carbocycles. The van der Waals surface area contributed by atoms with Crippen molar-refractivity contribution >= 4 is 0 Å². The third kappa shape index (κ3) is 3.10. The van der Waals surface area contributed by atoms with Crippen LogP contribution in [0.15, 0.2) is 24.3 Å². The van der Waals surface area contributed by atoms with E-state index in [2.05, 4.69) is 31.2 Å². The smallest absolute Gasteiger partial charge is 0.0502 e. The van der Waals surface area contributed by atoms with Crippen LogP contribution in [0.5, 0.6) is 0 Å². The minimum absolute atomic E-state index is 0.301. The molecule has 0 aliphatic heterocycles. The van der Waals surface area contributed by atoms with E-state index < -0.39 is 0 Å². The van der Waals surface area contributed by atoms with Gasteiger partial charge in [0.2, 0.25) is 0 Å².